The number of nitrogens with zero attached hydrogens (tertiary/aromatic N) is 2. The Bertz CT molecular complexity index is 1510. The van der Waals surface area contributed by atoms with E-state index in [0.717, 1.165) is 10.1 Å². The summed E-state index contributed by atoms with van der Waals surface area (Å²) in [6.45, 7) is 1.46. The molecule has 0 aliphatic rings. The molecule has 0 saturated heterocycles. The number of hydrogen-bond donors (Lipinski definition) is 1. The Morgan fingerprint density at radius 1 is 1.06 bits per heavy atom. The van der Waals surface area contributed by atoms with Gasteiger partial charge < -0.3 is 14.8 Å². The van der Waals surface area contributed by atoms with Crippen molar-refractivity contribution in [3.63, 3.8) is 0 Å². The molecule has 0 spiro atoms. The number of nitrogens with one attached hydrogen (secondary N) is 1. The number of aromatic nitrogens is 2. The van der Waals surface area contributed by atoms with Crippen LogP contribution in [-0.4, -0.2) is 29.3 Å². The van der Waals surface area contributed by atoms with Gasteiger partial charge in [-0.2, -0.15) is 0 Å². The number of methoxy groups -OCH3 is 2. The molecule has 1 N–H and O–H groups in total. The molecule has 176 valence electrons. The molecule has 0 aliphatic heterocycles. The lowest BCUT2D eigenvalue weighted by Crippen LogP contribution is -2.41. The zero-order valence-electron chi connectivity index (χ0n) is 18.8. The van der Waals surface area contributed by atoms with Gasteiger partial charge in [0, 0.05) is 6.54 Å². The number of carbonyl (C=O) groups is 1. The first-order valence-corrected chi connectivity index (χ1v) is 11.2. The average Bonchev–Trinajstić information content (AvgIpc) is 3.33. The number of carbonyl (C=O) groups excluding carboxylic acids is 1. The van der Waals surface area contributed by atoms with Crippen LogP contribution in [0.5, 0.6) is 11.5 Å². The summed E-state index contributed by atoms with van der Waals surface area (Å²) in [5.74, 6) is 0.253. The largest absolute Gasteiger partial charge is 0.493 e. The number of aryl methyl sites for hydroxylation is 1. The van der Waals surface area contributed by atoms with Crippen molar-refractivity contribution >= 4 is 27.5 Å². The van der Waals surface area contributed by atoms with Gasteiger partial charge in [-0.15, -0.1) is 11.3 Å². The highest BCUT2D eigenvalue weighted by Gasteiger charge is 2.18. The maximum Gasteiger partial charge on any atom is 0.336 e. The summed E-state index contributed by atoms with van der Waals surface area (Å²) in [5, 5.41) is 4.47. The van der Waals surface area contributed by atoms with Crippen LogP contribution in [0.2, 0.25) is 0 Å². The predicted octanol–water partition coefficient (Wildman–Crippen LogP) is 3.00. The summed E-state index contributed by atoms with van der Waals surface area (Å²) in [7, 11) is 3.06. The molecular weight excluding hydrogens is 461 g/mol. The van der Waals surface area contributed by atoms with E-state index in [0.29, 0.717) is 27.3 Å². The Hall–Kier alpha value is -3.92. The van der Waals surface area contributed by atoms with E-state index in [1.54, 1.807) is 36.6 Å². The van der Waals surface area contributed by atoms with Gasteiger partial charge in [0.25, 0.3) is 5.56 Å². The van der Waals surface area contributed by atoms with E-state index in [2.05, 4.69) is 5.32 Å². The van der Waals surface area contributed by atoms with Gasteiger partial charge in [-0.25, -0.2) is 13.8 Å². The van der Waals surface area contributed by atoms with Crippen molar-refractivity contribution in [2.24, 2.45) is 0 Å². The Labute approximate surface area is 197 Å². The van der Waals surface area contributed by atoms with E-state index in [-0.39, 0.29) is 18.8 Å². The van der Waals surface area contributed by atoms with Crippen LogP contribution in [-0.2, 0) is 17.9 Å². The van der Waals surface area contributed by atoms with Gasteiger partial charge in [0.15, 0.2) is 11.5 Å². The van der Waals surface area contributed by atoms with Crippen molar-refractivity contribution in [3.8, 4) is 17.2 Å². The zero-order valence-corrected chi connectivity index (χ0v) is 19.6. The van der Waals surface area contributed by atoms with Crippen LogP contribution in [0.3, 0.4) is 0 Å². The molecule has 0 unspecified atom stereocenters. The lowest BCUT2D eigenvalue weighted by Gasteiger charge is -2.13. The van der Waals surface area contributed by atoms with E-state index in [1.165, 1.54) is 48.3 Å². The van der Waals surface area contributed by atoms with E-state index in [9.17, 15) is 18.8 Å². The highest BCUT2D eigenvalue weighted by Crippen LogP contribution is 2.27. The molecule has 1 amide bonds. The Morgan fingerprint density at radius 2 is 1.82 bits per heavy atom. The number of fused-ring (bicyclic) bond motifs is 1. The molecule has 4 rings (SSSR count). The minimum Gasteiger partial charge on any atom is -0.493 e. The molecule has 4 aromatic rings. The maximum atomic E-state index is 13.7. The summed E-state index contributed by atoms with van der Waals surface area (Å²) in [5.41, 5.74) is 0.506. The first kappa shape index (κ1) is 23.2. The van der Waals surface area contributed by atoms with Gasteiger partial charge in [0.2, 0.25) is 5.91 Å². The van der Waals surface area contributed by atoms with Crippen LogP contribution < -0.4 is 26.0 Å². The summed E-state index contributed by atoms with van der Waals surface area (Å²) >= 11 is 1.17. The van der Waals surface area contributed by atoms with Crippen LogP contribution in [0.15, 0.2) is 57.4 Å². The quantitative estimate of drug-likeness (QED) is 0.436. The summed E-state index contributed by atoms with van der Waals surface area (Å²) in [6.07, 6.45) is 0. The molecule has 8 nitrogen and oxygen atoms in total. The fourth-order valence-corrected chi connectivity index (χ4v) is 4.45. The molecule has 10 heteroatoms. The van der Waals surface area contributed by atoms with Crippen molar-refractivity contribution < 1.29 is 18.7 Å². The summed E-state index contributed by atoms with van der Waals surface area (Å²) in [4.78, 5) is 39.1. The molecule has 0 saturated carbocycles. The average molecular weight is 484 g/mol. The number of rotatable bonds is 7. The minimum atomic E-state index is -0.678. The maximum absolute atomic E-state index is 13.7. The van der Waals surface area contributed by atoms with Crippen molar-refractivity contribution in [1.29, 1.82) is 0 Å². The third kappa shape index (κ3) is 4.32. The molecule has 0 aliphatic carbocycles. The van der Waals surface area contributed by atoms with Gasteiger partial charge in [0.1, 0.15) is 17.1 Å². The second kappa shape index (κ2) is 9.52. The Kier molecular flexibility index (Phi) is 6.51. The molecule has 2 aromatic heterocycles. The third-order valence-electron chi connectivity index (χ3n) is 5.39. The van der Waals surface area contributed by atoms with Crippen LogP contribution in [0.1, 0.15) is 11.1 Å². The van der Waals surface area contributed by atoms with Gasteiger partial charge in [-0.1, -0.05) is 6.07 Å². The summed E-state index contributed by atoms with van der Waals surface area (Å²) < 4.78 is 26.8. The number of thiophene rings is 1. The van der Waals surface area contributed by atoms with Crippen molar-refractivity contribution in [2.45, 2.75) is 20.0 Å². The molecule has 0 bridgehead atoms. The number of ether oxygens (including phenoxy) is 2. The first-order valence-electron chi connectivity index (χ1n) is 10.3. The second-order valence-corrected chi connectivity index (χ2v) is 8.46. The van der Waals surface area contributed by atoms with E-state index in [1.807, 2.05) is 0 Å². The number of benzene rings is 2. The van der Waals surface area contributed by atoms with Crippen molar-refractivity contribution in [3.05, 3.63) is 85.6 Å². The topological polar surface area (TPSA) is 91.6 Å². The smallest absolute Gasteiger partial charge is 0.336 e. The predicted molar refractivity (Wildman–Crippen MR) is 128 cm³/mol. The van der Waals surface area contributed by atoms with Crippen LogP contribution in [0.4, 0.5) is 4.39 Å². The van der Waals surface area contributed by atoms with Gasteiger partial charge >= 0.3 is 5.69 Å². The highest BCUT2D eigenvalue weighted by molar-refractivity contribution is 7.17. The van der Waals surface area contributed by atoms with Crippen LogP contribution >= 0.6 is 11.3 Å². The van der Waals surface area contributed by atoms with E-state index < -0.39 is 23.0 Å². The number of hydrogen-bond acceptors (Lipinski definition) is 6. The van der Waals surface area contributed by atoms with Crippen molar-refractivity contribution in [2.75, 3.05) is 14.2 Å². The fourth-order valence-electron chi connectivity index (χ4n) is 3.63. The van der Waals surface area contributed by atoms with E-state index >= 15 is 0 Å². The van der Waals surface area contributed by atoms with Gasteiger partial charge in [-0.05, 0) is 59.8 Å². The fraction of sp³-hybridized carbons (Fsp3) is 0.208. The minimum absolute atomic E-state index is 0.206. The lowest BCUT2D eigenvalue weighted by molar-refractivity contribution is -0.121. The second-order valence-electron chi connectivity index (χ2n) is 7.54. The number of amides is 1. The molecule has 2 aromatic carbocycles. The Balaban J connectivity index is 1.65. The Morgan fingerprint density at radius 3 is 2.53 bits per heavy atom. The molecule has 34 heavy (non-hydrogen) atoms. The zero-order chi connectivity index (χ0) is 24.4. The van der Waals surface area contributed by atoms with Gasteiger partial charge in [-0.3, -0.25) is 14.2 Å². The normalized spacial score (nSPS) is 10.9. The van der Waals surface area contributed by atoms with Crippen LogP contribution in [0, 0.1) is 12.7 Å². The van der Waals surface area contributed by atoms with Crippen molar-refractivity contribution in [1.82, 2.24) is 14.5 Å². The molecule has 0 fully saturated rings. The summed E-state index contributed by atoms with van der Waals surface area (Å²) in [6, 6.07) is 10.9. The standard InChI is InChI=1S/C24H22FN3O5S/c1-14-10-16(5-6-17(14)25)28-23(30)22-18(8-9-34-22)27(24(28)31)13-21(29)26-12-15-4-7-19(32-2)20(11-15)33-3/h4-11H,12-13H2,1-3H3,(H,26,29). The molecule has 0 atom stereocenters. The molecular formula is C24H22FN3O5S. The molecule has 0 radical (unpaired) electrons. The first-order chi connectivity index (χ1) is 16.3. The monoisotopic (exact) mass is 483 g/mol. The third-order valence-corrected chi connectivity index (χ3v) is 6.29. The highest BCUT2D eigenvalue weighted by atomic mass is 32.1. The lowest BCUT2D eigenvalue weighted by atomic mass is 10.2. The van der Waals surface area contributed by atoms with Gasteiger partial charge in [0.05, 0.1) is 25.4 Å². The SMILES string of the molecule is COc1ccc(CNC(=O)Cn2c(=O)n(-c3ccc(F)c(C)c3)c(=O)c3sccc32)cc1OC. The number of halogens is 1. The van der Waals surface area contributed by atoms with E-state index in [4.69, 9.17) is 9.47 Å². The van der Waals surface area contributed by atoms with Crippen LogP contribution in [0.25, 0.3) is 15.9 Å². The molecule has 2 heterocycles.